The van der Waals surface area contributed by atoms with Crippen molar-refractivity contribution in [2.24, 2.45) is 5.73 Å². The lowest BCUT2D eigenvalue weighted by Crippen LogP contribution is -2.07. The lowest BCUT2D eigenvalue weighted by Gasteiger charge is -2.03. The molecule has 0 saturated heterocycles. The molecule has 16 heavy (non-hydrogen) atoms. The molecule has 0 fully saturated rings. The van der Waals surface area contributed by atoms with Crippen LogP contribution < -0.4 is 5.73 Å². The highest BCUT2D eigenvalue weighted by Crippen LogP contribution is 2.29. The van der Waals surface area contributed by atoms with E-state index in [1.54, 1.807) is 0 Å². The van der Waals surface area contributed by atoms with Crippen LogP contribution in [-0.4, -0.2) is 16.5 Å². The summed E-state index contributed by atoms with van der Waals surface area (Å²) in [7, 11) is 0. The molecular formula is C11H12ClN3S. The van der Waals surface area contributed by atoms with Crippen LogP contribution in [0, 0.1) is 6.92 Å². The Hall–Kier alpha value is -0.970. The van der Waals surface area contributed by atoms with E-state index in [2.05, 4.69) is 9.97 Å². The second-order valence-corrected chi connectivity index (χ2v) is 5.17. The van der Waals surface area contributed by atoms with Gasteiger partial charge in [0.15, 0.2) is 0 Å². The van der Waals surface area contributed by atoms with E-state index < -0.39 is 0 Å². The summed E-state index contributed by atoms with van der Waals surface area (Å²) in [5, 5.41) is 0. The van der Waals surface area contributed by atoms with E-state index in [1.165, 1.54) is 11.3 Å². The lowest BCUT2D eigenvalue weighted by molar-refractivity contribution is 0.858. The Bertz CT molecular complexity index is 496. The van der Waals surface area contributed by atoms with Crippen molar-refractivity contribution in [3.63, 3.8) is 0 Å². The molecule has 2 N–H and O–H groups in total. The van der Waals surface area contributed by atoms with Crippen LogP contribution in [0.25, 0.3) is 10.6 Å². The molecule has 5 heteroatoms. The highest BCUT2D eigenvalue weighted by Gasteiger charge is 2.06. The Kier molecular flexibility index (Phi) is 3.53. The molecule has 2 heterocycles. The molecule has 0 bridgehead atoms. The first-order chi connectivity index (χ1) is 7.69. The SMILES string of the molecule is Cc1cc(-c2ccc(Cl)s2)nc(CCN)n1. The van der Waals surface area contributed by atoms with Gasteiger partial charge < -0.3 is 5.73 Å². The van der Waals surface area contributed by atoms with Crippen molar-refractivity contribution in [1.29, 1.82) is 0 Å². The molecule has 0 radical (unpaired) electrons. The lowest BCUT2D eigenvalue weighted by atomic mass is 10.2. The molecule has 2 aromatic heterocycles. The van der Waals surface area contributed by atoms with Crippen LogP contribution in [-0.2, 0) is 6.42 Å². The number of hydrogen-bond acceptors (Lipinski definition) is 4. The summed E-state index contributed by atoms with van der Waals surface area (Å²) in [4.78, 5) is 9.87. The molecule has 0 unspecified atom stereocenters. The van der Waals surface area contributed by atoms with Gasteiger partial charge in [-0.15, -0.1) is 11.3 Å². The van der Waals surface area contributed by atoms with Crippen LogP contribution in [0.2, 0.25) is 4.34 Å². The fourth-order valence-corrected chi connectivity index (χ4v) is 2.45. The Balaban J connectivity index is 2.40. The first kappa shape index (κ1) is 11.5. The second-order valence-electron chi connectivity index (χ2n) is 3.45. The predicted octanol–water partition coefficient (Wildman–Crippen LogP) is 2.67. The Labute approximate surface area is 103 Å². The van der Waals surface area contributed by atoms with Crippen molar-refractivity contribution in [3.05, 3.63) is 34.1 Å². The van der Waals surface area contributed by atoms with Gasteiger partial charge in [0.2, 0.25) is 0 Å². The van der Waals surface area contributed by atoms with Crippen molar-refractivity contribution in [2.45, 2.75) is 13.3 Å². The van der Waals surface area contributed by atoms with Crippen LogP contribution in [0.3, 0.4) is 0 Å². The highest BCUT2D eigenvalue weighted by molar-refractivity contribution is 7.19. The topological polar surface area (TPSA) is 51.8 Å². The van der Waals surface area contributed by atoms with Crippen LogP contribution in [0.15, 0.2) is 18.2 Å². The maximum Gasteiger partial charge on any atom is 0.130 e. The van der Waals surface area contributed by atoms with Crippen LogP contribution in [0.1, 0.15) is 11.5 Å². The van der Waals surface area contributed by atoms with E-state index >= 15 is 0 Å². The van der Waals surface area contributed by atoms with Gasteiger partial charge in [-0.3, -0.25) is 0 Å². The molecule has 0 aliphatic heterocycles. The molecule has 2 rings (SSSR count). The number of rotatable bonds is 3. The van der Waals surface area contributed by atoms with Gasteiger partial charge in [0.25, 0.3) is 0 Å². The summed E-state index contributed by atoms with van der Waals surface area (Å²) < 4.78 is 0.770. The number of thiophene rings is 1. The van der Waals surface area contributed by atoms with Gasteiger partial charge in [0.1, 0.15) is 5.82 Å². The maximum absolute atomic E-state index is 5.91. The van der Waals surface area contributed by atoms with Gasteiger partial charge in [0.05, 0.1) is 14.9 Å². The van der Waals surface area contributed by atoms with E-state index in [0.29, 0.717) is 13.0 Å². The zero-order chi connectivity index (χ0) is 11.5. The Morgan fingerprint density at radius 2 is 2.19 bits per heavy atom. The minimum Gasteiger partial charge on any atom is -0.330 e. The number of nitrogens with two attached hydrogens (primary N) is 1. The predicted molar refractivity (Wildman–Crippen MR) is 67.9 cm³/mol. The summed E-state index contributed by atoms with van der Waals surface area (Å²) in [6.07, 6.45) is 0.702. The largest absolute Gasteiger partial charge is 0.330 e. The standard InChI is InChI=1S/C11H12ClN3S/c1-7-6-8(9-2-3-10(12)16-9)15-11(14-7)4-5-13/h2-3,6H,4-5,13H2,1H3. The first-order valence-electron chi connectivity index (χ1n) is 4.99. The monoisotopic (exact) mass is 253 g/mol. The minimum absolute atomic E-state index is 0.564. The van der Waals surface area contributed by atoms with E-state index in [0.717, 1.165) is 26.4 Å². The summed E-state index contributed by atoms with van der Waals surface area (Å²) in [5.41, 5.74) is 7.39. The molecule has 2 aromatic rings. The highest BCUT2D eigenvalue weighted by atomic mass is 35.5. The van der Waals surface area contributed by atoms with Crippen molar-refractivity contribution in [3.8, 4) is 10.6 Å². The molecule has 84 valence electrons. The Morgan fingerprint density at radius 1 is 1.38 bits per heavy atom. The van der Waals surface area contributed by atoms with Crippen molar-refractivity contribution in [2.75, 3.05) is 6.54 Å². The van der Waals surface area contributed by atoms with Crippen LogP contribution in [0.5, 0.6) is 0 Å². The average Bonchev–Trinajstić information content (AvgIpc) is 2.64. The molecule has 0 aromatic carbocycles. The maximum atomic E-state index is 5.91. The van der Waals surface area contributed by atoms with E-state index in [1.807, 2.05) is 25.1 Å². The summed E-state index contributed by atoms with van der Waals surface area (Å²) in [6, 6.07) is 5.81. The number of halogens is 1. The summed E-state index contributed by atoms with van der Waals surface area (Å²) >= 11 is 7.43. The molecule has 0 atom stereocenters. The zero-order valence-corrected chi connectivity index (χ0v) is 10.5. The number of aromatic nitrogens is 2. The fraction of sp³-hybridized carbons (Fsp3) is 0.273. The molecule has 0 amide bonds. The Morgan fingerprint density at radius 3 is 2.81 bits per heavy atom. The summed E-state index contributed by atoms with van der Waals surface area (Å²) in [6.45, 7) is 2.52. The normalized spacial score (nSPS) is 10.7. The third-order valence-corrected chi connectivity index (χ3v) is 3.35. The second kappa shape index (κ2) is 4.91. The molecule has 3 nitrogen and oxygen atoms in total. The fourth-order valence-electron chi connectivity index (χ4n) is 1.45. The van der Waals surface area contributed by atoms with E-state index in [4.69, 9.17) is 17.3 Å². The van der Waals surface area contributed by atoms with Gasteiger partial charge in [-0.1, -0.05) is 11.6 Å². The van der Waals surface area contributed by atoms with Gasteiger partial charge in [-0.25, -0.2) is 9.97 Å². The van der Waals surface area contributed by atoms with Gasteiger partial charge in [-0.2, -0.15) is 0 Å². The zero-order valence-electron chi connectivity index (χ0n) is 8.90. The van der Waals surface area contributed by atoms with Crippen LogP contribution in [0.4, 0.5) is 0 Å². The average molecular weight is 254 g/mol. The number of aryl methyl sites for hydroxylation is 1. The summed E-state index contributed by atoms with van der Waals surface area (Å²) in [5.74, 6) is 0.794. The molecule has 0 spiro atoms. The van der Waals surface area contributed by atoms with Crippen molar-refractivity contribution >= 4 is 22.9 Å². The van der Waals surface area contributed by atoms with Gasteiger partial charge in [-0.05, 0) is 31.7 Å². The number of hydrogen-bond donors (Lipinski definition) is 1. The molecule has 0 saturated carbocycles. The third-order valence-electron chi connectivity index (χ3n) is 2.09. The minimum atomic E-state index is 0.564. The molecule has 0 aliphatic rings. The van der Waals surface area contributed by atoms with Crippen molar-refractivity contribution in [1.82, 2.24) is 9.97 Å². The van der Waals surface area contributed by atoms with Crippen molar-refractivity contribution < 1.29 is 0 Å². The third kappa shape index (κ3) is 2.58. The quantitative estimate of drug-likeness (QED) is 0.915. The molecule has 0 aliphatic carbocycles. The molecular weight excluding hydrogens is 242 g/mol. The van der Waals surface area contributed by atoms with E-state index in [-0.39, 0.29) is 0 Å². The first-order valence-corrected chi connectivity index (χ1v) is 6.19. The number of nitrogens with zero attached hydrogens (tertiary/aromatic N) is 2. The van der Waals surface area contributed by atoms with E-state index in [9.17, 15) is 0 Å². The van der Waals surface area contributed by atoms with Gasteiger partial charge in [0, 0.05) is 12.1 Å². The smallest absolute Gasteiger partial charge is 0.130 e. The van der Waals surface area contributed by atoms with Gasteiger partial charge >= 0.3 is 0 Å². The van der Waals surface area contributed by atoms with Crippen LogP contribution >= 0.6 is 22.9 Å².